The van der Waals surface area contributed by atoms with Crippen molar-refractivity contribution in [3.8, 4) is 5.88 Å². The van der Waals surface area contributed by atoms with E-state index in [1.54, 1.807) is 7.11 Å². The fraction of sp³-hybridized carbons (Fsp3) is 0.750. The molecule has 0 aromatic carbocycles. The van der Waals surface area contributed by atoms with Gasteiger partial charge in [0.05, 0.1) is 6.61 Å². The van der Waals surface area contributed by atoms with Crippen molar-refractivity contribution in [2.45, 2.75) is 39.3 Å². The molecule has 0 aliphatic rings. The number of hydrogen-bond acceptors (Lipinski definition) is 4. The SMILES string of the molecule is COCC(CNC(C)(C)C)Oc1cc(C)[nH]n1. The van der Waals surface area contributed by atoms with E-state index in [-0.39, 0.29) is 11.6 Å². The molecule has 1 aromatic rings. The van der Waals surface area contributed by atoms with Crippen LogP contribution in [-0.4, -0.2) is 42.1 Å². The molecule has 1 aromatic heterocycles. The minimum absolute atomic E-state index is 0.0399. The number of nitrogens with one attached hydrogen (secondary N) is 2. The molecule has 98 valence electrons. The lowest BCUT2D eigenvalue weighted by Crippen LogP contribution is -2.44. The molecule has 0 saturated carbocycles. The molecule has 5 heteroatoms. The largest absolute Gasteiger partial charge is 0.469 e. The molecular weight excluding hydrogens is 218 g/mol. The number of nitrogens with zero attached hydrogens (tertiary/aromatic N) is 1. The number of methoxy groups -OCH3 is 1. The first kappa shape index (κ1) is 14.0. The summed E-state index contributed by atoms with van der Waals surface area (Å²) in [5.74, 6) is 0.611. The average molecular weight is 241 g/mol. The molecule has 1 unspecified atom stereocenters. The lowest BCUT2D eigenvalue weighted by molar-refractivity contribution is 0.0734. The number of aromatic amines is 1. The summed E-state index contributed by atoms with van der Waals surface area (Å²) in [6.45, 7) is 9.57. The molecule has 0 aliphatic heterocycles. The van der Waals surface area contributed by atoms with Crippen LogP contribution in [0.5, 0.6) is 5.88 Å². The van der Waals surface area contributed by atoms with Gasteiger partial charge < -0.3 is 14.8 Å². The molecule has 2 N–H and O–H groups in total. The predicted octanol–water partition coefficient (Wildman–Crippen LogP) is 1.50. The second-order valence-corrected chi connectivity index (χ2v) is 5.22. The summed E-state index contributed by atoms with van der Waals surface area (Å²) in [7, 11) is 1.67. The maximum atomic E-state index is 5.74. The Balaban J connectivity index is 2.48. The molecule has 1 rings (SSSR count). The lowest BCUT2D eigenvalue weighted by atomic mass is 10.1. The van der Waals surface area contributed by atoms with Gasteiger partial charge in [0, 0.05) is 31.0 Å². The van der Waals surface area contributed by atoms with E-state index in [1.165, 1.54) is 0 Å². The van der Waals surface area contributed by atoms with E-state index in [0.29, 0.717) is 12.5 Å². The topological polar surface area (TPSA) is 59.2 Å². The van der Waals surface area contributed by atoms with Crippen LogP contribution in [0.1, 0.15) is 26.5 Å². The van der Waals surface area contributed by atoms with Crippen LogP contribution < -0.4 is 10.1 Å². The zero-order chi connectivity index (χ0) is 12.9. The van der Waals surface area contributed by atoms with E-state index in [1.807, 2.05) is 13.0 Å². The number of rotatable bonds is 6. The number of hydrogen-bond donors (Lipinski definition) is 2. The van der Waals surface area contributed by atoms with Gasteiger partial charge in [-0.2, -0.15) is 0 Å². The second kappa shape index (κ2) is 6.02. The van der Waals surface area contributed by atoms with Crippen molar-refractivity contribution >= 4 is 0 Å². The van der Waals surface area contributed by atoms with E-state index < -0.39 is 0 Å². The van der Waals surface area contributed by atoms with Gasteiger partial charge in [0.25, 0.3) is 0 Å². The lowest BCUT2D eigenvalue weighted by Gasteiger charge is -2.24. The standard InChI is InChI=1S/C12H23N3O2/c1-9-6-11(15-14-9)17-10(8-16-5)7-13-12(2,3)4/h6,10,13H,7-8H2,1-5H3,(H,14,15). The summed E-state index contributed by atoms with van der Waals surface area (Å²) in [4.78, 5) is 0. The summed E-state index contributed by atoms with van der Waals surface area (Å²) >= 11 is 0. The third kappa shape index (κ3) is 5.70. The Bertz CT molecular complexity index is 331. The van der Waals surface area contributed by atoms with Crippen molar-refractivity contribution in [2.24, 2.45) is 0 Å². The summed E-state index contributed by atoms with van der Waals surface area (Å²) in [6, 6.07) is 1.87. The Morgan fingerprint density at radius 1 is 1.47 bits per heavy atom. The van der Waals surface area contributed by atoms with Crippen LogP contribution in [0.25, 0.3) is 0 Å². The summed E-state index contributed by atoms with van der Waals surface area (Å²) < 4.78 is 10.9. The van der Waals surface area contributed by atoms with E-state index in [4.69, 9.17) is 9.47 Å². The van der Waals surface area contributed by atoms with Crippen molar-refractivity contribution < 1.29 is 9.47 Å². The zero-order valence-corrected chi connectivity index (χ0v) is 11.3. The average Bonchev–Trinajstić information content (AvgIpc) is 2.60. The Kier molecular flexibility index (Phi) is 4.96. The van der Waals surface area contributed by atoms with E-state index in [2.05, 4.69) is 36.3 Å². The van der Waals surface area contributed by atoms with Crippen molar-refractivity contribution in [3.63, 3.8) is 0 Å². The molecule has 17 heavy (non-hydrogen) atoms. The quantitative estimate of drug-likeness (QED) is 0.792. The van der Waals surface area contributed by atoms with Gasteiger partial charge in [-0.25, -0.2) is 0 Å². The number of ether oxygens (including phenoxy) is 2. The molecule has 0 aliphatic carbocycles. The maximum absolute atomic E-state index is 5.74. The predicted molar refractivity (Wildman–Crippen MR) is 67.4 cm³/mol. The van der Waals surface area contributed by atoms with Crippen LogP contribution in [0.2, 0.25) is 0 Å². The van der Waals surface area contributed by atoms with Crippen LogP contribution in [0.3, 0.4) is 0 Å². The monoisotopic (exact) mass is 241 g/mol. The fourth-order valence-corrected chi connectivity index (χ4v) is 1.36. The number of aryl methyl sites for hydroxylation is 1. The van der Waals surface area contributed by atoms with Crippen LogP contribution in [0.15, 0.2) is 6.07 Å². The zero-order valence-electron chi connectivity index (χ0n) is 11.3. The molecule has 1 heterocycles. The molecular formula is C12H23N3O2. The van der Waals surface area contributed by atoms with Gasteiger partial charge in [-0.05, 0) is 27.7 Å². The normalized spacial score (nSPS) is 13.7. The fourth-order valence-electron chi connectivity index (χ4n) is 1.36. The minimum Gasteiger partial charge on any atom is -0.469 e. The van der Waals surface area contributed by atoms with Crippen molar-refractivity contribution in [1.29, 1.82) is 0 Å². The van der Waals surface area contributed by atoms with Gasteiger partial charge in [-0.15, -0.1) is 5.10 Å². The smallest absolute Gasteiger partial charge is 0.233 e. The highest BCUT2D eigenvalue weighted by Crippen LogP contribution is 2.10. The Hall–Kier alpha value is -1.07. The van der Waals surface area contributed by atoms with E-state index >= 15 is 0 Å². The Labute approximate surface area is 103 Å². The first-order valence-electron chi connectivity index (χ1n) is 5.83. The second-order valence-electron chi connectivity index (χ2n) is 5.22. The van der Waals surface area contributed by atoms with Gasteiger partial charge >= 0.3 is 0 Å². The molecule has 0 bridgehead atoms. The Morgan fingerprint density at radius 3 is 2.65 bits per heavy atom. The van der Waals surface area contributed by atoms with Crippen molar-refractivity contribution in [3.05, 3.63) is 11.8 Å². The van der Waals surface area contributed by atoms with Crippen molar-refractivity contribution in [2.75, 3.05) is 20.3 Å². The number of aromatic nitrogens is 2. The molecule has 0 spiro atoms. The summed E-state index contributed by atoms with van der Waals surface area (Å²) in [6.07, 6.45) is -0.0399. The van der Waals surface area contributed by atoms with Gasteiger partial charge in [0.2, 0.25) is 5.88 Å². The highest BCUT2D eigenvalue weighted by atomic mass is 16.5. The molecule has 0 amide bonds. The van der Waals surface area contributed by atoms with Crippen LogP contribution in [0.4, 0.5) is 0 Å². The maximum Gasteiger partial charge on any atom is 0.233 e. The number of H-pyrrole nitrogens is 1. The van der Waals surface area contributed by atoms with Crippen LogP contribution in [-0.2, 0) is 4.74 Å². The van der Waals surface area contributed by atoms with E-state index in [0.717, 1.165) is 12.2 Å². The summed E-state index contributed by atoms with van der Waals surface area (Å²) in [5.41, 5.74) is 1.05. The molecule has 0 fully saturated rings. The third-order valence-electron chi connectivity index (χ3n) is 2.18. The minimum atomic E-state index is -0.0399. The molecule has 0 saturated heterocycles. The van der Waals surface area contributed by atoms with Gasteiger partial charge in [-0.3, -0.25) is 5.10 Å². The molecule has 5 nitrogen and oxygen atoms in total. The van der Waals surface area contributed by atoms with Gasteiger partial charge in [0.1, 0.15) is 6.10 Å². The van der Waals surface area contributed by atoms with Gasteiger partial charge in [0.15, 0.2) is 0 Å². The molecule has 1 atom stereocenters. The first-order valence-corrected chi connectivity index (χ1v) is 5.83. The van der Waals surface area contributed by atoms with Crippen LogP contribution in [0, 0.1) is 6.92 Å². The summed E-state index contributed by atoms with van der Waals surface area (Å²) in [5, 5.41) is 10.3. The highest BCUT2D eigenvalue weighted by molar-refractivity contribution is 5.12. The van der Waals surface area contributed by atoms with Gasteiger partial charge in [-0.1, -0.05) is 0 Å². The van der Waals surface area contributed by atoms with E-state index in [9.17, 15) is 0 Å². The highest BCUT2D eigenvalue weighted by Gasteiger charge is 2.16. The van der Waals surface area contributed by atoms with Crippen LogP contribution >= 0.6 is 0 Å². The third-order valence-corrected chi connectivity index (χ3v) is 2.18. The van der Waals surface area contributed by atoms with Crippen molar-refractivity contribution in [1.82, 2.24) is 15.5 Å². The first-order chi connectivity index (χ1) is 7.90. The Morgan fingerprint density at radius 2 is 2.18 bits per heavy atom. The molecule has 0 radical (unpaired) electrons.